The minimum absolute atomic E-state index is 0.0573. The van der Waals surface area contributed by atoms with Gasteiger partial charge in [-0.1, -0.05) is 56.4 Å². The normalized spacial score (nSPS) is 17.0. The molecule has 2 aromatic carbocycles. The summed E-state index contributed by atoms with van der Waals surface area (Å²) in [7, 11) is 0. The first-order chi connectivity index (χ1) is 14.8. The molecular weight excluding hydrogens is 386 g/mol. The molecule has 31 heavy (non-hydrogen) atoms. The molecule has 0 aromatic heterocycles. The van der Waals surface area contributed by atoms with E-state index >= 15 is 0 Å². The lowest BCUT2D eigenvalue weighted by molar-refractivity contribution is 0.0932. The van der Waals surface area contributed by atoms with Gasteiger partial charge in [0, 0.05) is 11.6 Å². The van der Waals surface area contributed by atoms with Crippen LogP contribution in [0, 0.1) is 6.92 Å². The molecule has 4 heteroatoms. The number of unbranched alkanes of at least 4 members (excludes halogenated alkanes) is 2. The number of hydrogen-bond acceptors (Lipinski definition) is 3. The molecule has 2 N–H and O–H groups in total. The molecule has 1 aliphatic carbocycles. The standard InChI is InChI=1S/C27H35NO3/c1-5-6-7-10-18-16-22-24(20-15-17(2)13-14-21(20)27(3,4)31-22)25(29)23(18)26(30)28-19-11-8-9-12-19/h13-16,19,29H,5-12H2,1-4H3,(H,28,30). The van der Waals surface area contributed by atoms with Gasteiger partial charge in [0.15, 0.2) is 0 Å². The summed E-state index contributed by atoms with van der Waals surface area (Å²) in [5, 5.41) is 14.7. The molecule has 0 atom stereocenters. The number of rotatable bonds is 6. The fourth-order valence-corrected chi connectivity index (χ4v) is 5.10. The Kier molecular flexibility index (Phi) is 6.00. The number of carbonyl (C=O) groups is 1. The molecule has 2 aliphatic rings. The number of benzene rings is 2. The number of phenolic OH excluding ortho intramolecular Hbond substituents is 1. The van der Waals surface area contributed by atoms with Gasteiger partial charge in [0.25, 0.3) is 5.91 Å². The van der Waals surface area contributed by atoms with E-state index in [2.05, 4.69) is 44.3 Å². The number of hydrogen-bond donors (Lipinski definition) is 2. The van der Waals surface area contributed by atoms with Gasteiger partial charge in [0.2, 0.25) is 0 Å². The smallest absolute Gasteiger partial charge is 0.255 e. The predicted octanol–water partition coefficient (Wildman–Crippen LogP) is 6.40. The quantitative estimate of drug-likeness (QED) is 0.531. The van der Waals surface area contributed by atoms with E-state index in [-0.39, 0.29) is 17.7 Å². The fraction of sp³-hybridized carbons (Fsp3) is 0.519. The van der Waals surface area contributed by atoms with Crippen LogP contribution in [0.3, 0.4) is 0 Å². The second-order valence-corrected chi connectivity index (χ2v) is 9.71. The van der Waals surface area contributed by atoms with E-state index in [4.69, 9.17) is 4.74 Å². The second-order valence-electron chi connectivity index (χ2n) is 9.71. The Hall–Kier alpha value is -2.49. The van der Waals surface area contributed by atoms with Gasteiger partial charge < -0.3 is 15.2 Å². The van der Waals surface area contributed by atoms with Gasteiger partial charge in [-0.05, 0) is 63.6 Å². The number of aromatic hydroxyl groups is 1. The number of aryl methyl sites for hydroxylation is 2. The summed E-state index contributed by atoms with van der Waals surface area (Å²) in [4.78, 5) is 13.4. The van der Waals surface area contributed by atoms with Crippen LogP contribution in [0.1, 0.15) is 92.8 Å². The summed E-state index contributed by atoms with van der Waals surface area (Å²) in [5.41, 5.74) is 4.56. The Bertz CT molecular complexity index is 986. The summed E-state index contributed by atoms with van der Waals surface area (Å²) in [6.07, 6.45) is 8.28. The first-order valence-electron chi connectivity index (χ1n) is 11.8. The van der Waals surface area contributed by atoms with Crippen LogP contribution >= 0.6 is 0 Å². The molecule has 0 saturated heterocycles. The maximum atomic E-state index is 13.4. The first-order valence-corrected chi connectivity index (χ1v) is 11.8. The van der Waals surface area contributed by atoms with Crippen molar-refractivity contribution in [1.82, 2.24) is 5.32 Å². The molecule has 1 aliphatic heterocycles. The van der Waals surface area contributed by atoms with E-state index in [1.165, 1.54) is 0 Å². The minimum atomic E-state index is -0.503. The van der Waals surface area contributed by atoms with Crippen molar-refractivity contribution in [3.63, 3.8) is 0 Å². The monoisotopic (exact) mass is 421 g/mol. The maximum Gasteiger partial charge on any atom is 0.255 e. The summed E-state index contributed by atoms with van der Waals surface area (Å²) >= 11 is 0. The molecule has 0 radical (unpaired) electrons. The average molecular weight is 422 g/mol. The van der Waals surface area contributed by atoms with E-state index in [1.54, 1.807) is 0 Å². The van der Waals surface area contributed by atoms with E-state index in [0.717, 1.165) is 73.6 Å². The molecule has 0 unspecified atom stereocenters. The van der Waals surface area contributed by atoms with E-state index in [9.17, 15) is 9.90 Å². The van der Waals surface area contributed by atoms with Crippen molar-refractivity contribution in [2.45, 2.75) is 90.7 Å². The van der Waals surface area contributed by atoms with Crippen molar-refractivity contribution < 1.29 is 14.6 Å². The van der Waals surface area contributed by atoms with Crippen LogP contribution in [0.15, 0.2) is 24.3 Å². The van der Waals surface area contributed by atoms with Gasteiger partial charge in [-0.2, -0.15) is 0 Å². The van der Waals surface area contributed by atoms with E-state index in [1.807, 2.05) is 13.0 Å². The SMILES string of the molecule is CCCCCc1cc2c(c(O)c1C(=O)NC1CCCC1)-c1cc(C)ccc1C(C)(C)O2. The van der Waals surface area contributed by atoms with Crippen molar-refractivity contribution in [3.05, 3.63) is 46.5 Å². The number of carbonyl (C=O) groups excluding carboxylic acids is 1. The van der Waals surface area contributed by atoms with Crippen molar-refractivity contribution in [2.24, 2.45) is 0 Å². The van der Waals surface area contributed by atoms with Crippen LogP contribution in [-0.4, -0.2) is 17.1 Å². The van der Waals surface area contributed by atoms with Crippen LogP contribution in [-0.2, 0) is 12.0 Å². The summed E-state index contributed by atoms with van der Waals surface area (Å²) in [6, 6.07) is 8.44. The molecule has 1 amide bonds. The number of fused-ring (bicyclic) bond motifs is 3. The lowest BCUT2D eigenvalue weighted by Crippen LogP contribution is -2.34. The summed E-state index contributed by atoms with van der Waals surface area (Å²) in [6.45, 7) is 8.33. The third kappa shape index (κ3) is 4.17. The largest absolute Gasteiger partial charge is 0.506 e. The Morgan fingerprint density at radius 1 is 1.19 bits per heavy atom. The lowest BCUT2D eigenvalue weighted by Gasteiger charge is -2.36. The third-order valence-corrected chi connectivity index (χ3v) is 6.77. The Balaban J connectivity index is 1.84. The highest BCUT2D eigenvalue weighted by Gasteiger charge is 2.36. The van der Waals surface area contributed by atoms with Gasteiger partial charge in [-0.3, -0.25) is 4.79 Å². The van der Waals surface area contributed by atoms with Crippen molar-refractivity contribution in [2.75, 3.05) is 0 Å². The predicted molar refractivity (Wildman–Crippen MR) is 125 cm³/mol. The molecule has 1 saturated carbocycles. The molecule has 2 aromatic rings. The average Bonchev–Trinajstić information content (AvgIpc) is 3.20. The molecule has 166 valence electrons. The van der Waals surface area contributed by atoms with Crippen molar-refractivity contribution in [1.29, 1.82) is 0 Å². The zero-order valence-electron chi connectivity index (χ0n) is 19.3. The number of nitrogens with one attached hydrogen (secondary N) is 1. The zero-order chi connectivity index (χ0) is 22.2. The summed E-state index contributed by atoms with van der Waals surface area (Å²) in [5.74, 6) is 0.573. The van der Waals surface area contributed by atoms with Crippen LogP contribution in [0.2, 0.25) is 0 Å². The molecule has 4 rings (SSSR count). The lowest BCUT2D eigenvalue weighted by atomic mass is 9.83. The zero-order valence-corrected chi connectivity index (χ0v) is 19.3. The molecule has 0 bridgehead atoms. The minimum Gasteiger partial charge on any atom is -0.506 e. The van der Waals surface area contributed by atoms with E-state index < -0.39 is 5.60 Å². The molecule has 1 fully saturated rings. The van der Waals surface area contributed by atoms with Gasteiger partial charge in [-0.15, -0.1) is 0 Å². The number of ether oxygens (including phenoxy) is 1. The highest BCUT2D eigenvalue weighted by Crippen LogP contribution is 2.51. The maximum absolute atomic E-state index is 13.4. The highest BCUT2D eigenvalue weighted by molar-refractivity contribution is 6.02. The van der Waals surface area contributed by atoms with Gasteiger partial charge in [-0.25, -0.2) is 0 Å². The van der Waals surface area contributed by atoms with Crippen LogP contribution < -0.4 is 10.1 Å². The van der Waals surface area contributed by atoms with Crippen LogP contribution in [0.5, 0.6) is 11.5 Å². The van der Waals surface area contributed by atoms with Gasteiger partial charge >= 0.3 is 0 Å². The molecule has 4 nitrogen and oxygen atoms in total. The van der Waals surface area contributed by atoms with E-state index in [0.29, 0.717) is 16.9 Å². The number of amides is 1. The number of phenols is 1. The Morgan fingerprint density at radius 2 is 1.94 bits per heavy atom. The third-order valence-electron chi connectivity index (χ3n) is 6.77. The molecular formula is C27H35NO3. The Labute approximate surface area is 186 Å². The topological polar surface area (TPSA) is 58.6 Å². The van der Waals surface area contributed by atoms with Crippen LogP contribution in [0.4, 0.5) is 0 Å². The van der Waals surface area contributed by atoms with Crippen molar-refractivity contribution >= 4 is 5.91 Å². The molecule has 0 spiro atoms. The highest BCUT2D eigenvalue weighted by atomic mass is 16.5. The summed E-state index contributed by atoms with van der Waals surface area (Å²) < 4.78 is 6.39. The van der Waals surface area contributed by atoms with Crippen LogP contribution in [0.25, 0.3) is 11.1 Å². The van der Waals surface area contributed by atoms with Gasteiger partial charge in [0.05, 0.1) is 11.1 Å². The second kappa shape index (κ2) is 8.57. The fourth-order valence-electron chi connectivity index (χ4n) is 5.10. The van der Waals surface area contributed by atoms with Gasteiger partial charge in [0.1, 0.15) is 17.1 Å². The molecule has 1 heterocycles. The first kappa shape index (κ1) is 21.7. The van der Waals surface area contributed by atoms with Crippen molar-refractivity contribution in [3.8, 4) is 22.6 Å². The Morgan fingerprint density at radius 3 is 2.65 bits per heavy atom.